The number of rotatable bonds is 3. The highest BCUT2D eigenvalue weighted by molar-refractivity contribution is 7.83. The molecule has 1 fully saturated rings. The molecule has 0 bridgehead atoms. The third-order valence-electron chi connectivity index (χ3n) is 3.18. The Balaban J connectivity index is 2.23. The van der Waals surface area contributed by atoms with Gasteiger partial charge in [-0.2, -0.15) is 0 Å². The minimum atomic E-state index is -1.38. The molecule has 2 aromatic rings. The lowest BCUT2D eigenvalue weighted by atomic mass is 10.2. The topological polar surface area (TPSA) is 79.2 Å². The van der Waals surface area contributed by atoms with Crippen molar-refractivity contribution in [2.75, 3.05) is 13.1 Å². The summed E-state index contributed by atoms with van der Waals surface area (Å²) in [5.74, 6) is -0.615. The van der Waals surface area contributed by atoms with E-state index in [1.807, 2.05) is 0 Å². The Kier molecular flexibility index (Phi) is 3.08. The number of hydrogen-bond acceptors (Lipinski definition) is 2. The molecule has 19 heavy (non-hydrogen) atoms. The van der Waals surface area contributed by atoms with Crippen molar-refractivity contribution in [2.24, 2.45) is 5.73 Å². The first kappa shape index (κ1) is 12.7. The fraction of sp³-hybridized carbons (Fsp3) is 0.250. The highest BCUT2D eigenvalue weighted by atomic mass is 35.5. The molecular weight excluding hydrogens is 286 g/mol. The molecule has 0 spiro atoms. The molecule has 2 heterocycles. The first-order chi connectivity index (χ1) is 9.08. The second-order valence-electron chi connectivity index (χ2n) is 4.42. The summed E-state index contributed by atoms with van der Waals surface area (Å²) in [6, 6.07) is 5.16. The summed E-state index contributed by atoms with van der Waals surface area (Å²) >= 11 is 5.97. The number of halogens is 1. The van der Waals surface area contributed by atoms with Gasteiger partial charge in [-0.25, -0.2) is 8.51 Å². The number of H-pyrrole nitrogens is 1. The molecule has 1 amide bonds. The highest BCUT2D eigenvalue weighted by Gasteiger charge is 2.28. The number of fused-ring (bicyclic) bond motifs is 1. The van der Waals surface area contributed by atoms with Crippen LogP contribution in [0.1, 0.15) is 16.9 Å². The van der Waals surface area contributed by atoms with Crippen LogP contribution in [0.5, 0.6) is 0 Å². The van der Waals surface area contributed by atoms with Gasteiger partial charge in [-0.15, -0.1) is 0 Å². The summed E-state index contributed by atoms with van der Waals surface area (Å²) in [7, 11) is -1.38. The van der Waals surface area contributed by atoms with E-state index in [2.05, 4.69) is 4.98 Å². The average Bonchev–Trinajstić information content (AvgIpc) is 2.64. The minimum absolute atomic E-state index is 0.197. The van der Waals surface area contributed by atoms with Gasteiger partial charge < -0.3 is 10.7 Å². The van der Waals surface area contributed by atoms with E-state index in [0.717, 1.165) is 19.5 Å². The van der Waals surface area contributed by atoms with Crippen molar-refractivity contribution in [1.29, 1.82) is 0 Å². The Morgan fingerprint density at radius 1 is 1.42 bits per heavy atom. The third-order valence-corrected chi connectivity index (χ3v) is 5.03. The molecule has 3 N–H and O–H groups in total. The number of nitrogens with one attached hydrogen (secondary N) is 1. The zero-order valence-electron chi connectivity index (χ0n) is 9.98. The average molecular weight is 298 g/mol. The normalized spacial score (nSPS) is 17.3. The molecule has 7 heteroatoms. The van der Waals surface area contributed by atoms with Crippen LogP contribution in [-0.2, 0) is 11.0 Å². The van der Waals surface area contributed by atoms with Crippen molar-refractivity contribution >= 4 is 39.4 Å². The maximum Gasteiger partial charge on any atom is 0.266 e. The molecule has 1 aromatic carbocycles. The molecule has 1 aromatic heterocycles. The molecule has 100 valence electrons. The van der Waals surface area contributed by atoms with Gasteiger partial charge in [0.1, 0.15) is 16.7 Å². The lowest BCUT2D eigenvalue weighted by molar-refractivity contribution is 0.0993. The van der Waals surface area contributed by atoms with Crippen LogP contribution in [0.2, 0.25) is 5.02 Å². The highest BCUT2D eigenvalue weighted by Crippen LogP contribution is 2.30. The molecule has 0 saturated carbocycles. The number of benzene rings is 1. The number of carbonyl (C=O) groups is 1. The molecule has 0 radical (unpaired) electrons. The van der Waals surface area contributed by atoms with Gasteiger partial charge in [0, 0.05) is 29.0 Å². The van der Waals surface area contributed by atoms with Crippen molar-refractivity contribution in [2.45, 2.75) is 11.3 Å². The van der Waals surface area contributed by atoms with Crippen molar-refractivity contribution in [3.8, 4) is 0 Å². The predicted octanol–water partition coefficient (Wildman–Crippen LogP) is 1.65. The van der Waals surface area contributed by atoms with E-state index < -0.39 is 16.9 Å². The number of nitrogens with zero attached hydrogens (tertiary/aromatic N) is 1. The molecule has 1 saturated heterocycles. The number of aromatic nitrogens is 1. The van der Waals surface area contributed by atoms with E-state index in [9.17, 15) is 9.00 Å². The Hall–Kier alpha value is -1.37. The van der Waals surface area contributed by atoms with Crippen LogP contribution >= 0.6 is 11.6 Å². The zero-order valence-corrected chi connectivity index (χ0v) is 11.6. The Labute approximate surface area is 117 Å². The molecular formula is C12H12ClN3O2S. The van der Waals surface area contributed by atoms with Crippen molar-refractivity contribution in [3.05, 3.63) is 28.9 Å². The van der Waals surface area contributed by atoms with E-state index in [1.165, 1.54) is 0 Å². The lowest BCUT2D eigenvalue weighted by Gasteiger charge is -2.28. The maximum atomic E-state index is 12.5. The maximum absolute atomic E-state index is 12.5. The first-order valence-corrected chi connectivity index (χ1v) is 7.34. The van der Waals surface area contributed by atoms with Crippen molar-refractivity contribution in [3.63, 3.8) is 0 Å². The molecule has 3 rings (SSSR count). The Morgan fingerprint density at radius 3 is 2.74 bits per heavy atom. The Bertz CT molecular complexity index is 694. The van der Waals surface area contributed by atoms with Gasteiger partial charge in [0.25, 0.3) is 5.91 Å². The smallest absolute Gasteiger partial charge is 0.266 e. The van der Waals surface area contributed by atoms with Crippen LogP contribution in [0.3, 0.4) is 0 Å². The van der Waals surface area contributed by atoms with Gasteiger partial charge in [-0.05, 0) is 24.6 Å². The van der Waals surface area contributed by atoms with Crippen LogP contribution in [-0.4, -0.2) is 32.5 Å². The summed E-state index contributed by atoms with van der Waals surface area (Å²) in [6.45, 7) is 1.52. The first-order valence-electron chi connectivity index (χ1n) is 5.86. The van der Waals surface area contributed by atoms with E-state index in [-0.39, 0.29) is 5.69 Å². The number of carbonyl (C=O) groups excluding carboxylic acids is 1. The number of primary amides is 1. The van der Waals surface area contributed by atoms with Gasteiger partial charge in [-0.3, -0.25) is 4.79 Å². The standard InChI is InChI=1S/C12H12ClN3O2S/c13-7-2-3-9-8(6-7)11(10(15-9)12(14)17)19(18)16-4-1-5-16/h2-3,6,15H,1,4-5H2,(H2,14,17). The van der Waals surface area contributed by atoms with E-state index in [4.69, 9.17) is 17.3 Å². The molecule has 1 aliphatic heterocycles. The number of nitrogens with two attached hydrogens (primary N) is 1. The SMILES string of the molecule is NC(=O)c1[nH]c2ccc(Cl)cc2c1S(=O)N1CCC1. The summed E-state index contributed by atoms with van der Waals surface area (Å²) in [5, 5.41) is 1.22. The van der Waals surface area contributed by atoms with Gasteiger partial charge in [0.2, 0.25) is 0 Å². The second-order valence-corrected chi connectivity index (χ2v) is 6.27. The van der Waals surface area contributed by atoms with Crippen LogP contribution in [0.25, 0.3) is 10.9 Å². The monoisotopic (exact) mass is 297 g/mol. The minimum Gasteiger partial charge on any atom is -0.364 e. The number of aromatic amines is 1. The number of hydrogen-bond donors (Lipinski definition) is 2. The zero-order chi connectivity index (χ0) is 13.6. The van der Waals surface area contributed by atoms with Crippen LogP contribution in [0.15, 0.2) is 23.1 Å². The Morgan fingerprint density at radius 2 is 2.16 bits per heavy atom. The fourth-order valence-electron chi connectivity index (χ4n) is 2.08. The van der Waals surface area contributed by atoms with E-state index in [1.54, 1.807) is 22.5 Å². The summed E-state index contributed by atoms with van der Waals surface area (Å²) < 4.78 is 14.3. The largest absolute Gasteiger partial charge is 0.364 e. The van der Waals surface area contributed by atoms with Crippen LogP contribution in [0, 0.1) is 0 Å². The van der Waals surface area contributed by atoms with E-state index >= 15 is 0 Å². The van der Waals surface area contributed by atoms with Gasteiger partial charge in [0.05, 0.1) is 4.90 Å². The number of amides is 1. The van der Waals surface area contributed by atoms with Crippen molar-refractivity contribution in [1.82, 2.24) is 9.29 Å². The molecule has 1 atom stereocenters. The molecule has 5 nitrogen and oxygen atoms in total. The second kappa shape index (κ2) is 4.63. The molecule has 1 unspecified atom stereocenters. The molecule has 1 aliphatic rings. The third kappa shape index (κ3) is 2.05. The van der Waals surface area contributed by atoms with Crippen LogP contribution in [0.4, 0.5) is 0 Å². The predicted molar refractivity (Wildman–Crippen MR) is 74.4 cm³/mol. The summed E-state index contributed by atoms with van der Waals surface area (Å²) in [4.78, 5) is 14.9. The fourth-order valence-corrected chi connectivity index (χ4v) is 3.78. The quantitative estimate of drug-likeness (QED) is 0.903. The van der Waals surface area contributed by atoms with E-state index in [0.29, 0.717) is 20.8 Å². The lowest BCUT2D eigenvalue weighted by Crippen LogP contribution is -2.39. The molecule has 0 aliphatic carbocycles. The summed E-state index contributed by atoms with van der Waals surface area (Å²) in [5.41, 5.74) is 6.26. The van der Waals surface area contributed by atoms with Crippen LogP contribution < -0.4 is 5.73 Å². The van der Waals surface area contributed by atoms with Crippen molar-refractivity contribution < 1.29 is 9.00 Å². The summed E-state index contributed by atoms with van der Waals surface area (Å²) in [6.07, 6.45) is 1.01. The van der Waals surface area contributed by atoms with Gasteiger partial charge in [0.15, 0.2) is 0 Å². The van der Waals surface area contributed by atoms with Gasteiger partial charge in [-0.1, -0.05) is 11.6 Å². The van der Waals surface area contributed by atoms with Gasteiger partial charge >= 0.3 is 0 Å².